The quantitative estimate of drug-likeness (QED) is 0.422. The number of esters is 1. The number of carbonyl (C=O) groups excluding carboxylic acids is 1. The van der Waals surface area contributed by atoms with Crippen molar-refractivity contribution in [3.8, 4) is 0 Å². The highest BCUT2D eigenvalue weighted by Crippen LogP contribution is 2.18. The summed E-state index contributed by atoms with van der Waals surface area (Å²) in [5.74, 6) is 0.730. The van der Waals surface area contributed by atoms with E-state index in [1.54, 1.807) is 0 Å². The Labute approximate surface area is 170 Å². The van der Waals surface area contributed by atoms with Crippen LogP contribution in [0, 0.1) is 5.92 Å². The van der Waals surface area contributed by atoms with Crippen LogP contribution in [0.1, 0.15) is 44.7 Å². The van der Waals surface area contributed by atoms with Gasteiger partial charge in [-0.1, -0.05) is 31.2 Å². The van der Waals surface area contributed by atoms with Crippen LogP contribution in [-0.4, -0.2) is 61.6 Å². The van der Waals surface area contributed by atoms with Gasteiger partial charge in [0.1, 0.15) is 0 Å². The number of likely N-dealkylation sites (tertiary alicyclic amines) is 1. The Balaban J connectivity index is 2.05. The van der Waals surface area contributed by atoms with Crippen molar-refractivity contribution in [3.05, 3.63) is 35.4 Å². The Morgan fingerprint density at radius 1 is 1.32 bits per heavy atom. The summed E-state index contributed by atoms with van der Waals surface area (Å²) < 4.78 is 5.22. The van der Waals surface area contributed by atoms with Gasteiger partial charge >= 0.3 is 5.97 Å². The van der Waals surface area contributed by atoms with Gasteiger partial charge in [0, 0.05) is 26.2 Å². The lowest BCUT2D eigenvalue weighted by Crippen LogP contribution is -2.48. The largest absolute Gasteiger partial charge is 0.466 e. The lowest BCUT2D eigenvalue weighted by molar-refractivity contribution is -0.149. The fraction of sp³-hybridized carbons (Fsp3) is 0.636. The van der Waals surface area contributed by atoms with E-state index in [2.05, 4.69) is 60.3 Å². The van der Waals surface area contributed by atoms with Crippen molar-refractivity contribution < 1.29 is 9.53 Å². The highest BCUT2D eigenvalue weighted by atomic mass is 16.5. The van der Waals surface area contributed by atoms with Gasteiger partial charge in [-0.3, -0.25) is 4.79 Å². The second kappa shape index (κ2) is 11.7. The van der Waals surface area contributed by atoms with Crippen molar-refractivity contribution in [1.29, 1.82) is 0 Å². The van der Waals surface area contributed by atoms with Crippen molar-refractivity contribution >= 4 is 11.9 Å². The number of ether oxygens (including phenoxy) is 1. The zero-order valence-corrected chi connectivity index (χ0v) is 17.9. The Hall–Kier alpha value is -2.08. The summed E-state index contributed by atoms with van der Waals surface area (Å²) in [4.78, 5) is 21.5. The molecule has 1 unspecified atom stereocenters. The molecule has 0 aliphatic carbocycles. The van der Waals surface area contributed by atoms with E-state index in [1.165, 1.54) is 11.1 Å². The van der Waals surface area contributed by atoms with Crippen molar-refractivity contribution in [2.75, 3.05) is 39.8 Å². The van der Waals surface area contributed by atoms with Gasteiger partial charge in [-0.25, -0.2) is 4.99 Å². The van der Waals surface area contributed by atoms with Crippen molar-refractivity contribution in [2.24, 2.45) is 10.9 Å². The molecule has 1 aliphatic rings. The molecule has 2 rings (SSSR count). The van der Waals surface area contributed by atoms with Gasteiger partial charge in [-0.15, -0.1) is 0 Å². The molecule has 28 heavy (non-hydrogen) atoms. The van der Waals surface area contributed by atoms with Crippen molar-refractivity contribution in [3.63, 3.8) is 0 Å². The minimum atomic E-state index is -0.0872. The Bertz CT molecular complexity index is 647. The average molecular weight is 389 g/mol. The van der Waals surface area contributed by atoms with Crippen LogP contribution < -0.4 is 5.32 Å². The van der Waals surface area contributed by atoms with Crippen molar-refractivity contribution in [2.45, 2.75) is 46.7 Å². The highest BCUT2D eigenvalue weighted by molar-refractivity contribution is 5.81. The SMILES string of the molecule is CCNC(=NCc1cccc(CN(C)CC)c1)N1CCCC(C(=O)OCC)C1. The van der Waals surface area contributed by atoms with Gasteiger partial charge in [0.2, 0.25) is 0 Å². The second-order valence-corrected chi connectivity index (χ2v) is 7.36. The average Bonchev–Trinajstić information content (AvgIpc) is 2.71. The predicted octanol–water partition coefficient (Wildman–Crippen LogP) is 2.88. The van der Waals surface area contributed by atoms with Gasteiger partial charge in [-0.2, -0.15) is 0 Å². The zero-order chi connectivity index (χ0) is 20.4. The molecule has 156 valence electrons. The normalized spacial score (nSPS) is 17.7. The van der Waals surface area contributed by atoms with E-state index in [-0.39, 0.29) is 11.9 Å². The van der Waals surface area contributed by atoms with Crippen LogP contribution in [0.15, 0.2) is 29.3 Å². The number of nitrogens with one attached hydrogen (secondary N) is 1. The summed E-state index contributed by atoms with van der Waals surface area (Å²) in [6.07, 6.45) is 1.87. The minimum absolute atomic E-state index is 0.0644. The molecule has 1 aromatic rings. The molecule has 1 atom stereocenters. The molecule has 1 saturated heterocycles. The van der Waals surface area contributed by atoms with Crippen molar-refractivity contribution in [1.82, 2.24) is 15.1 Å². The molecule has 0 radical (unpaired) electrons. The topological polar surface area (TPSA) is 57.2 Å². The maximum atomic E-state index is 12.1. The molecular weight excluding hydrogens is 352 g/mol. The first kappa shape index (κ1) is 22.2. The first-order valence-corrected chi connectivity index (χ1v) is 10.5. The fourth-order valence-electron chi connectivity index (χ4n) is 3.46. The van der Waals surface area contributed by atoms with Gasteiger partial charge < -0.3 is 19.9 Å². The third-order valence-corrected chi connectivity index (χ3v) is 5.07. The first-order valence-electron chi connectivity index (χ1n) is 10.5. The molecule has 1 fully saturated rings. The molecule has 0 aromatic heterocycles. The molecule has 1 N–H and O–H groups in total. The fourth-order valence-corrected chi connectivity index (χ4v) is 3.46. The van der Waals surface area contributed by atoms with E-state index in [4.69, 9.17) is 9.73 Å². The van der Waals surface area contributed by atoms with E-state index in [9.17, 15) is 4.79 Å². The third-order valence-electron chi connectivity index (χ3n) is 5.07. The standard InChI is InChI=1S/C22H36N4O2/c1-5-23-22(26-13-9-12-20(17-26)21(27)28-7-3)24-15-18-10-8-11-19(14-18)16-25(4)6-2/h8,10-11,14,20H,5-7,9,12-13,15-17H2,1-4H3,(H,23,24). The predicted molar refractivity (Wildman–Crippen MR) is 114 cm³/mol. The molecule has 0 bridgehead atoms. The molecule has 0 spiro atoms. The lowest BCUT2D eigenvalue weighted by Gasteiger charge is -2.34. The van der Waals surface area contributed by atoms with Crippen LogP contribution >= 0.6 is 0 Å². The summed E-state index contributed by atoms with van der Waals surface area (Å²) in [5.41, 5.74) is 2.51. The Morgan fingerprint density at radius 2 is 2.11 bits per heavy atom. The monoisotopic (exact) mass is 388 g/mol. The molecule has 1 aliphatic heterocycles. The number of rotatable bonds is 8. The molecule has 6 heteroatoms. The van der Waals surface area contributed by atoms with Crippen LogP contribution in [0.4, 0.5) is 0 Å². The molecule has 0 saturated carbocycles. The van der Waals surface area contributed by atoms with E-state index in [1.807, 2.05) is 6.92 Å². The maximum Gasteiger partial charge on any atom is 0.310 e. The minimum Gasteiger partial charge on any atom is -0.466 e. The molecular formula is C22H36N4O2. The zero-order valence-electron chi connectivity index (χ0n) is 17.9. The molecule has 0 amide bonds. The summed E-state index contributed by atoms with van der Waals surface area (Å²) in [5, 5.41) is 3.39. The molecule has 6 nitrogen and oxygen atoms in total. The number of hydrogen-bond donors (Lipinski definition) is 1. The molecule has 1 aromatic carbocycles. The number of carbonyl (C=O) groups is 1. The summed E-state index contributed by atoms with van der Waals surface area (Å²) in [6.45, 7) is 11.5. The second-order valence-electron chi connectivity index (χ2n) is 7.36. The van der Waals surface area contributed by atoms with Gasteiger partial charge in [-0.05, 0) is 51.4 Å². The van der Waals surface area contributed by atoms with Crippen LogP contribution in [0.2, 0.25) is 0 Å². The molecule has 1 heterocycles. The summed E-state index contributed by atoms with van der Waals surface area (Å²) in [7, 11) is 2.13. The number of aliphatic imine (C=N–C) groups is 1. The summed E-state index contributed by atoms with van der Waals surface area (Å²) >= 11 is 0. The third kappa shape index (κ3) is 6.82. The smallest absolute Gasteiger partial charge is 0.310 e. The number of piperidine rings is 1. The van der Waals surface area contributed by atoms with Crippen LogP contribution in [0.25, 0.3) is 0 Å². The Morgan fingerprint density at radius 3 is 2.82 bits per heavy atom. The lowest BCUT2D eigenvalue weighted by atomic mass is 9.98. The number of guanidine groups is 1. The van der Waals surface area contributed by atoms with E-state index >= 15 is 0 Å². The van der Waals surface area contributed by atoms with E-state index in [0.29, 0.717) is 19.7 Å². The van der Waals surface area contributed by atoms with Crippen LogP contribution in [-0.2, 0) is 22.6 Å². The summed E-state index contributed by atoms with van der Waals surface area (Å²) in [6, 6.07) is 8.63. The number of hydrogen-bond acceptors (Lipinski definition) is 4. The van der Waals surface area contributed by atoms with Crippen LogP contribution in [0.3, 0.4) is 0 Å². The highest BCUT2D eigenvalue weighted by Gasteiger charge is 2.28. The van der Waals surface area contributed by atoms with E-state index in [0.717, 1.165) is 45.0 Å². The number of nitrogens with zero attached hydrogens (tertiary/aromatic N) is 3. The number of benzene rings is 1. The first-order chi connectivity index (χ1) is 13.6. The maximum absolute atomic E-state index is 12.1. The van der Waals surface area contributed by atoms with E-state index < -0.39 is 0 Å². The van der Waals surface area contributed by atoms with Gasteiger partial charge in [0.25, 0.3) is 0 Å². The Kier molecular flexibility index (Phi) is 9.28. The van der Waals surface area contributed by atoms with Crippen LogP contribution in [0.5, 0.6) is 0 Å². The van der Waals surface area contributed by atoms with Gasteiger partial charge in [0.15, 0.2) is 5.96 Å². The van der Waals surface area contributed by atoms with Gasteiger partial charge in [0.05, 0.1) is 19.1 Å².